The van der Waals surface area contributed by atoms with Crippen LogP contribution >= 0.6 is 0 Å². The Morgan fingerprint density at radius 2 is 2.15 bits per heavy atom. The fourth-order valence-corrected chi connectivity index (χ4v) is 2.80. The van der Waals surface area contributed by atoms with Gasteiger partial charge in [-0.1, -0.05) is 25.0 Å². The summed E-state index contributed by atoms with van der Waals surface area (Å²) in [5.74, 6) is 0.714. The molecule has 0 amide bonds. The Morgan fingerprint density at radius 3 is 2.62 bits per heavy atom. The van der Waals surface area contributed by atoms with E-state index in [0.29, 0.717) is 17.2 Å². The Bertz CT molecular complexity index is 150. The van der Waals surface area contributed by atoms with E-state index >= 15 is 0 Å². The van der Waals surface area contributed by atoms with Gasteiger partial charge in [-0.3, -0.25) is 0 Å². The molecule has 13 heavy (non-hydrogen) atoms. The summed E-state index contributed by atoms with van der Waals surface area (Å²) < 4.78 is 11.2. The molecule has 0 aromatic heterocycles. The Morgan fingerprint density at radius 1 is 1.46 bits per heavy atom. The zero-order valence-electron chi connectivity index (χ0n) is 8.88. The van der Waals surface area contributed by atoms with Gasteiger partial charge < -0.3 is 9.87 Å². The van der Waals surface area contributed by atoms with Crippen LogP contribution < -0.4 is 5.32 Å². The predicted molar refractivity (Wildman–Crippen MR) is 58.3 cm³/mol. The summed E-state index contributed by atoms with van der Waals surface area (Å²) in [7, 11) is 0. The van der Waals surface area contributed by atoms with E-state index in [0.717, 1.165) is 19.4 Å². The first-order chi connectivity index (χ1) is 6.09. The second-order valence-electron chi connectivity index (χ2n) is 4.43. The molecule has 1 aliphatic rings. The van der Waals surface area contributed by atoms with Crippen LogP contribution in [0.15, 0.2) is 0 Å². The van der Waals surface area contributed by atoms with Gasteiger partial charge in [0.1, 0.15) is 5.25 Å². The number of nitrogens with one attached hydrogen (secondary N) is 1. The summed E-state index contributed by atoms with van der Waals surface area (Å²) in [5.41, 5.74) is 0. The molecule has 0 bridgehead atoms. The molecule has 0 aromatic rings. The molecule has 0 heterocycles. The van der Waals surface area contributed by atoms with Crippen molar-refractivity contribution in [2.24, 2.45) is 5.92 Å². The van der Waals surface area contributed by atoms with Gasteiger partial charge in [0, 0.05) is 12.5 Å². The van der Waals surface area contributed by atoms with E-state index in [1.807, 2.05) is 6.26 Å². The monoisotopic (exact) mass is 203 g/mol. The van der Waals surface area contributed by atoms with Crippen molar-refractivity contribution >= 4 is 11.2 Å². The quantitative estimate of drug-likeness (QED) is 0.703. The van der Waals surface area contributed by atoms with Gasteiger partial charge >= 0.3 is 0 Å². The van der Waals surface area contributed by atoms with E-state index < -0.39 is 11.2 Å². The standard InChI is InChI=1S/C10H21NOS/c1-8(2)7-11-9-4-5-10(6-9)13(3)12/h8-11H,4-7H2,1-3H3. The van der Waals surface area contributed by atoms with Crippen molar-refractivity contribution in [2.45, 2.75) is 44.4 Å². The molecule has 0 radical (unpaired) electrons. The maximum atomic E-state index is 11.2. The molecule has 0 aliphatic heterocycles. The SMILES string of the molecule is CC(C)CNC1CCC([S+](C)[O-])C1. The first-order valence-corrected chi connectivity index (χ1v) is 6.77. The molecule has 0 saturated heterocycles. The molecule has 3 heteroatoms. The minimum Gasteiger partial charge on any atom is -0.616 e. The average Bonchev–Trinajstić information content (AvgIpc) is 2.48. The van der Waals surface area contributed by atoms with Crippen molar-refractivity contribution < 1.29 is 4.55 Å². The first-order valence-electron chi connectivity index (χ1n) is 5.15. The lowest BCUT2D eigenvalue weighted by Gasteiger charge is -2.15. The lowest BCUT2D eigenvalue weighted by molar-refractivity contribution is 0.468. The molecule has 1 aliphatic carbocycles. The fourth-order valence-electron chi connectivity index (χ4n) is 1.83. The van der Waals surface area contributed by atoms with Crippen molar-refractivity contribution in [1.82, 2.24) is 5.32 Å². The predicted octanol–water partition coefficient (Wildman–Crippen LogP) is 1.53. The van der Waals surface area contributed by atoms with E-state index in [4.69, 9.17) is 0 Å². The zero-order chi connectivity index (χ0) is 9.84. The molecular weight excluding hydrogens is 182 g/mol. The van der Waals surface area contributed by atoms with E-state index in [1.54, 1.807) is 0 Å². The van der Waals surface area contributed by atoms with Crippen molar-refractivity contribution in [3.05, 3.63) is 0 Å². The van der Waals surface area contributed by atoms with Crippen LogP contribution in [0.2, 0.25) is 0 Å². The van der Waals surface area contributed by atoms with Crippen LogP contribution in [0.5, 0.6) is 0 Å². The highest BCUT2D eigenvalue weighted by molar-refractivity contribution is 7.91. The first kappa shape index (κ1) is 11.3. The molecule has 78 valence electrons. The molecule has 1 rings (SSSR count). The average molecular weight is 203 g/mol. The van der Waals surface area contributed by atoms with Crippen molar-refractivity contribution in [3.8, 4) is 0 Å². The summed E-state index contributed by atoms with van der Waals surface area (Å²) in [6, 6.07) is 0.622. The molecule has 3 unspecified atom stereocenters. The smallest absolute Gasteiger partial charge is 0.116 e. The van der Waals surface area contributed by atoms with Gasteiger partial charge in [0.15, 0.2) is 0 Å². The Hall–Kier alpha value is 0.270. The van der Waals surface area contributed by atoms with Gasteiger partial charge in [-0.15, -0.1) is 0 Å². The lowest BCUT2D eigenvalue weighted by Crippen LogP contribution is -2.31. The van der Waals surface area contributed by atoms with Gasteiger partial charge in [-0.2, -0.15) is 0 Å². The minimum absolute atomic E-state index is 0.449. The van der Waals surface area contributed by atoms with E-state index in [9.17, 15) is 4.55 Å². The van der Waals surface area contributed by atoms with Crippen LogP contribution in [0, 0.1) is 5.92 Å². The third kappa shape index (κ3) is 3.88. The van der Waals surface area contributed by atoms with Gasteiger partial charge in [0.05, 0.1) is 6.26 Å². The third-order valence-corrected chi connectivity index (χ3v) is 4.04. The molecule has 0 spiro atoms. The fraction of sp³-hybridized carbons (Fsp3) is 1.00. The molecule has 1 N–H and O–H groups in total. The Balaban J connectivity index is 2.17. The van der Waals surface area contributed by atoms with Crippen LogP contribution in [0.25, 0.3) is 0 Å². The summed E-state index contributed by atoms with van der Waals surface area (Å²) in [5, 5.41) is 3.98. The maximum Gasteiger partial charge on any atom is 0.116 e. The topological polar surface area (TPSA) is 35.1 Å². The molecule has 0 aromatic carbocycles. The number of hydrogen-bond donors (Lipinski definition) is 1. The van der Waals surface area contributed by atoms with Crippen molar-refractivity contribution in [2.75, 3.05) is 12.8 Å². The van der Waals surface area contributed by atoms with Crippen LogP contribution in [0.4, 0.5) is 0 Å². The summed E-state index contributed by atoms with van der Waals surface area (Å²) >= 11 is -0.616. The lowest BCUT2D eigenvalue weighted by atomic mass is 10.2. The Kier molecular flexibility index (Phi) is 4.56. The highest BCUT2D eigenvalue weighted by Gasteiger charge is 2.30. The highest BCUT2D eigenvalue weighted by Crippen LogP contribution is 2.24. The van der Waals surface area contributed by atoms with Crippen LogP contribution in [0.3, 0.4) is 0 Å². The van der Waals surface area contributed by atoms with Crippen LogP contribution in [-0.2, 0) is 11.2 Å². The zero-order valence-corrected chi connectivity index (χ0v) is 9.69. The van der Waals surface area contributed by atoms with Gasteiger partial charge in [0.2, 0.25) is 0 Å². The van der Waals surface area contributed by atoms with E-state index in [1.165, 1.54) is 6.42 Å². The normalized spacial score (nSPS) is 31.2. The van der Waals surface area contributed by atoms with Crippen molar-refractivity contribution in [1.29, 1.82) is 0 Å². The molecule has 1 fully saturated rings. The summed E-state index contributed by atoms with van der Waals surface area (Å²) in [4.78, 5) is 0. The molecule has 3 atom stereocenters. The number of rotatable bonds is 4. The highest BCUT2D eigenvalue weighted by atomic mass is 32.2. The maximum absolute atomic E-state index is 11.2. The van der Waals surface area contributed by atoms with E-state index in [-0.39, 0.29) is 0 Å². The minimum atomic E-state index is -0.616. The molecule has 1 saturated carbocycles. The number of hydrogen-bond acceptors (Lipinski definition) is 2. The van der Waals surface area contributed by atoms with Crippen LogP contribution in [0.1, 0.15) is 33.1 Å². The second kappa shape index (κ2) is 5.23. The molecular formula is C10H21NOS. The largest absolute Gasteiger partial charge is 0.616 e. The molecule has 2 nitrogen and oxygen atoms in total. The van der Waals surface area contributed by atoms with Crippen LogP contribution in [-0.4, -0.2) is 28.6 Å². The second-order valence-corrected chi connectivity index (χ2v) is 6.10. The third-order valence-electron chi connectivity index (χ3n) is 2.67. The summed E-state index contributed by atoms with van der Waals surface area (Å²) in [6.07, 6.45) is 5.28. The summed E-state index contributed by atoms with van der Waals surface area (Å²) in [6.45, 7) is 5.53. The van der Waals surface area contributed by atoms with Gasteiger partial charge in [0.25, 0.3) is 0 Å². The van der Waals surface area contributed by atoms with E-state index in [2.05, 4.69) is 19.2 Å². The Labute approximate surface area is 84.7 Å². The van der Waals surface area contributed by atoms with Gasteiger partial charge in [-0.05, 0) is 25.3 Å². The van der Waals surface area contributed by atoms with Crippen molar-refractivity contribution in [3.63, 3.8) is 0 Å². The van der Waals surface area contributed by atoms with Gasteiger partial charge in [-0.25, -0.2) is 0 Å².